The van der Waals surface area contributed by atoms with Crippen LogP contribution in [0.5, 0.6) is 0 Å². The van der Waals surface area contributed by atoms with Crippen molar-refractivity contribution in [1.82, 2.24) is 4.98 Å². The second kappa shape index (κ2) is 4.67. The lowest BCUT2D eigenvalue weighted by molar-refractivity contribution is 0.145. The lowest BCUT2D eigenvalue weighted by Gasteiger charge is -2.06. The van der Waals surface area contributed by atoms with E-state index >= 15 is 0 Å². The van der Waals surface area contributed by atoms with Gasteiger partial charge < -0.3 is 0 Å². The van der Waals surface area contributed by atoms with Gasteiger partial charge in [-0.15, -0.1) is 11.6 Å². The van der Waals surface area contributed by atoms with E-state index in [-0.39, 0.29) is 15.9 Å². The van der Waals surface area contributed by atoms with E-state index in [0.717, 1.165) is 0 Å². The van der Waals surface area contributed by atoms with Gasteiger partial charge in [-0.25, -0.2) is 8.78 Å². The van der Waals surface area contributed by atoms with Crippen LogP contribution in [0.1, 0.15) is 23.2 Å². The lowest BCUT2D eigenvalue weighted by Crippen LogP contribution is -1.98. The van der Waals surface area contributed by atoms with Gasteiger partial charge in [0, 0.05) is 11.8 Å². The third kappa shape index (κ3) is 2.02. The van der Waals surface area contributed by atoms with E-state index in [1.807, 2.05) is 0 Å². The maximum absolute atomic E-state index is 12.3. The molecule has 0 atom stereocenters. The first kappa shape index (κ1) is 11.3. The first-order valence-corrected chi connectivity index (χ1v) is 4.86. The van der Waals surface area contributed by atoms with Crippen LogP contribution in [0.4, 0.5) is 8.78 Å². The summed E-state index contributed by atoms with van der Waals surface area (Å²) in [7, 11) is 0. The van der Waals surface area contributed by atoms with Crippen LogP contribution >= 0.6 is 27.5 Å². The highest BCUT2D eigenvalue weighted by Crippen LogP contribution is 2.30. The van der Waals surface area contributed by atoms with Crippen molar-refractivity contribution < 1.29 is 8.78 Å². The zero-order chi connectivity index (χ0) is 10.7. The Morgan fingerprint density at radius 2 is 2.29 bits per heavy atom. The van der Waals surface area contributed by atoms with E-state index in [1.165, 1.54) is 6.20 Å². The Bertz CT molecular complexity index is 390. The Balaban J connectivity index is 3.37. The predicted octanol–water partition coefficient (Wildman–Crippen LogP) is 3.39. The van der Waals surface area contributed by atoms with Crippen molar-refractivity contribution in [1.29, 1.82) is 5.26 Å². The summed E-state index contributed by atoms with van der Waals surface area (Å²) in [6.07, 6.45) is -1.52. The van der Waals surface area contributed by atoms with Gasteiger partial charge in [-0.1, -0.05) is 0 Å². The molecule has 14 heavy (non-hydrogen) atoms. The topological polar surface area (TPSA) is 36.7 Å². The van der Waals surface area contributed by atoms with Gasteiger partial charge in [-0.05, 0) is 15.9 Å². The minimum atomic E-state index is -2.71. The summed E-state index contributed by atoms with van der Waals surface area (Å²) in [5, 5.41) is 8.73. The van der Waals surface area contributed by atoms with Crippen molar-refractivity contribution in [3.05, 3.63) is 27.5 Å². The fraction of sp³-hybridized carbons (Fsp3) is 0.250. The van der Waals surface area contributed by atoms with Crippen molar-refractivity contribution in [2.75, 3.05) is 0 Å². The Morgan fingerprint density at radius 3 is 2.71 bits per heavy atom. The number of hydrogen-bond acceptors (Lipinski definition) is 2. The number of hydrogen-bond donors (Lipinski definition) is 0. The highest BCUT2D eigenvalue weighted by atomic mass is 79.9. The van der Waals surface area contributed by atoms with Crippen LogP contribution in [-0.4, -0.2) is 4.98 Å². The molecule has 0 aliphatic carbocycles. The Morgan fingerprint density at radius 1 is 1.64 bits per heavy atom. The van der Waals surface area contributed by atoms with Gasteiger partial charge >= 0.3 is 0 Å². The van der Waals surface area contributed by atoms with E-state index in [2.05, 4.69) is 20.9 Å². The average molecular weight is 281 g/mol. The summed E-state index contributed by atoms with van der Waals surface area (Å²) < 4.78 is 24.7. The summed E-state index contributed by atoms with van der Waals surface area (Å²) in [4.78, 5) is 3.52. The largest absolute Gasteiger partial charge is 0.281 e. The molecule has 0 spiro atoms. The second-order valence-corrected chi connectivity index (χ2v) is 3.46. The SMILES string of the molecule is N#Cc1c(CCl)cnc(C(F)F)c1Br. The van der Waals surface area contributed by atoms with Gasteiger partial charge in [0.1, 0.15) is 11.8 Å². The zero-order valence-electron chi connectivity index (χ0n) is 6.77. The molecule has 0 saturated carbocycles. The van der Waals surface area contributed by atoms with Crippen molar-refractivity contribution in [3.8, 4) is 6.07 Å². The number of halogens is 4. The summed E-state index contributed by atoms with van der Waals surface area (Å²) in [6.45, 7) is 0. The number of nitriles is 1. The molecule has 1 heterocycles. The second-order valence-electron chi connectivity index (χ2n) is 2.40. The van der Waals surface area contributed by atoms with Crippen molar-refractivity contribution in [3.63, 3.8) is 0 Å². The third-order valence-corrected chi connectivity index (χ3v) is 2.68. The minimum Gasteiger partial charge on any atom is -0.254 e. The molecule has 0 N–H and O–H groups in total. The molecule has 1 aromatic rings. The van der Waals surface area contributed by atoms with Crippen LogP contribution in [0.2, 0.25) is 0 Å². The van der Waals surface area contributed by atoms with E-state index in [9.17, 15) is 8.78 Å². The molecule has 0 bridgehead atoms. The van der Waals surface area contributed by atoms with E-state index < -0.39 is 12.1 Å². The van der Waals surface area contributed by atoms with Crippen LogP contribution in [0.15, 0.2) is 10.7 Å². The molecule has 74 valence electrons. The number of aromatic nitrogens is 1. The predicted molar refractivity (Wildman–Crippen MR) is 51.2 cm³/mol. The Hall–Kier alpha value is -0.730. The molecule has 2 nitrogen and oxygen atoms in total. The molecule has 0 unspecified atom stereocenters. The minimum absolute atomic E-state index is 0.0214. The summed E-state index contributed by atoms with van der Waals surface area (Å²) in [5.41, 5.74) is 0.117. The maximum atomic E-state index is 12.3. The van der Waals surface area contributed by atoms with Gasteiger partial charge in [0.2, 0.25) is 0 Å². The molecule has 0 radical (unpaired) electrons. The molecule has 0 aliphatic rings. The maximum Gasteiger partial charge on any atom is 0.281 e. The molecular formula is C8H4BrClF2N2. The molecule has 0 aliphatic heterocycles. The van der Waals surface area contributed by atoms with Crippen LogP contribution in [0, 0.1) is 11.3 Å². The normalized spacial score (nSPS) is 10.3. The first-order valence-electron chi connectivity index (χ1n) is 3.53. The molecule has 0 amide bonds. The van der Waals surface area contributed by atoms with Crippen LogP contribution in [0.3, 0.4) is 0 Å². The summed E-state index contributed by atoms with van der Waals surface area (Å²) in [5.74, 6) is 0.0675. The fourth-order valence-electron chi connectivity index (χ4n) is 0.912. The number of pyridine rings is 1. The molecule has 0 saturated heterocycles. The first-order chi connectivity index (χ1) is 6.61. The molecular weight excluding hydrogens is 277 g/mol. The smallest absolute Gasteiger partial charge is 0.254 e. The van der Waals surface area contributed by atoms with E-state index in [0.29, 0.717) is 5.56 Å². The number of rotatable bonds is 2. The molecule has 0 fully saturated rings. The van der Waals surface area contributed by atoms with Crippen LogP contribution < -0.4 is 0 Å². The van der Waals surface area contributed by atoms with Crippen molar-refractivity contribution in [2.45, 2.75) is 12.3 Å². The number of nitrogens with zero attached hydrogens (tertiary/aromatic N) is 2. The summed E-state index contributed by atoms with van der Waals surface area (Å²) in [6, 6.07) is 1.81. The van der Waals surface area contributed by atoms with Gasteiger partial charge in [-0.3, -0.25) is 4.98 Å². The van der Waals surface area contributed by atoms with Gasteiger partial charge in [0.05, 0.1) is 15.9 Å². The Labute approximate surface area is 92.6 Å². The highest BCUT2D eigenvalue weighted by molar-refractivity contribution is 9.10. The molecule has 0 aromatic carbocycles. The zero-order valence-corrected chi connectivity index (χ0v) is 9.11. The quantitative estimate of drug-likeness (QED) is 0.779. The Kier molecular flexibility index (Phi) is 3.78. The number of alkyl halides is 3. The summed E-state index contributed by atoms with van der Waals surface area (Å²) >= 11 is 8.43. The molecule has 1 aromatic heterocycles. The van der Waals surface area contributed by atoms with Gasteiger partial charge in [0.15, 0.2) is 0 Å². The molecule has 6 heteroatoms. The highest BCUT2D eigenvalue weighted by Gasteiger charge is 2.18. The van der Waals surface area contributed by atoms with Crippen LogP contribution in [0.25, 0.3) is 0 Å². The van der Waals surface area contributed by atoms with E-state index in [1.54, 1.807) is 6.07 Å². The lowest BCUT2D eigenvalue weighted by atomic mass is 10.1. The molecule has 1 rings (SSSR count). The van der Waals surface area contributed by atoms with E-state index in [4.69, 9.17) is 16.9 Å². The average Bonchev–Trinajstić information content (AvgIpc) is 2.16. The standard InChI is InChI=1S/C8H4BrClF2N2/c9-6-5(2-13)4(1-10)3-14-7(6)8(11)12/h3,8H,1H2. The van der Waals surface area contributed by atoms with Crippen molar-refractivity contribution >= 4 is 27.5 Å². The van der Waals surface area contributed by atoms with Gasteiger partial charge in [-0.2, -0.15) is 5.26 Å². The fourth-order valence-corrected chi connectivity index (χ4v) is 1.73. The van der Waals surface area contributed by atoms with Crippen LogP contribution in [-0.2, 0) is 5.88 Å². The monoisotopic (exact) mass is 280 g/mol. The van der Waals surface area contributed by atoms with Gasteiger partial charge in [0.25, 0.3) is 6.43 Å². The third-order valence-electron chi connectivity index (χ3n) is 1.59. The van der Waals surface area contributed by atoms with Crippen molar-refractivity contribution in [2.24, 2.45) is 0 Å².